The zero-order chi connectivity index (χ0) is 7.98. The summed E-state index contributed by atoms with van der Waals surface area (Å²) in [4.78, 5) is 10.7. The molecule has 0 rings (SSSR count). The van der Waals surface area contributed by atoms with Gasteiger partial charge in [0.1, 0.15) is 0 Å². The third-order valence-electron chi connectivity index (χ3n) is 1.13. The molecule has 0 fully saturated rings. The highest BCUT2D eigenvalue weighted by molar-refractivity contribution is 5.74. The van der Waals surface area contributed by atoms with Crippen LogP contribution in [0.2, 0.25) is 0 Å². The molecule has 0 spiro atoms. The van der Waals surface area contributed by atoms with Gasteiger partial charge >= 0.3 is 5.97 Å². The van der Waals surface area contributed by atoms with Crippen molar-refractivity contribution >= 4 is 5.97 Å². The van der Waals surface area contributed by atoms with Crippen molar-refractivity contribution in [2.24, 2.45) is 5.92 Å². The van der Waals surface area contributed by atoms with E-state index in [9.17, 15) is 4.79 Å². The molecule has 2 nitrogen and oxygen atoms in total. The molecule has 0 radical (unpaired) electrons. The van der Waals surface area contributed by atoms with Gasteiger partial charge in [-0.25, -0.2) is 0 Å². The van der Waals surface area contributed by atoms with Crippen molar-refractivity contribution in [3.8, 4) is 12.3 Å². The third-order valence-corrected chi connectivity index (χ3v) is 1.13. The van der Waals surface area contributed by atoms with Crippen LogP contribution >= 0.6 is 0 Å². The lowest BCUT2D eigenvalue weighted by Gasteiger charge is -2.04. The highest BCUT2D eigenvalue weighted by Gasteiger charge is 2.12. The zero-order valence-electron chi connectivity index (χ0n) is 5.96. The van der Waals surface area contributed by atoms with Crippen molar-refractivity contribution in [1.29, 1.82) is 0 Å². The number of hydrogen-bond donors (Lipinski definition) is 0. The van der Waals surface area contributed by atoms with E-state index >= 15 is 0 Å². The molecule has 1 atom stereocenters. The van der Waals surface area contributed by atoms with E-state index in [1.807, 2.05) is 0 Å². The minimum atomic E-state index is -0.352. The molecule has 0 bridgehead atoms. The van der Waals surface area contributed by atoms with Crippen LogP contribution in [0, 0.1) is 18.3 Å². The molecule has 0 heterocycles. The molecule has 1 unspecified atom stereocenters. The molecule has 10 heavy (non-hydrogen) atoms. The van der Waals surface area contributed by atoms with E-state index in [2.05, 4.69) is 17.2 Å². The summed E-state index contributed by atoms with van der Waals surface area (Å²) >= 11 is 0. The van der Waals surface area contributed by atoms with Gasteiger partial charge in [-0.3, -0.25) is 4.79 Å². The Morgan fingerprint density at radius 2 is 2.60 bits per heavy atom. The summed E-state index contributed by atoms with van der Waals surface area (Å²) in [5, 5.41) is 0. The van der Waals surface area contributed by atoms with Crippen molar-refractivity contribution in [3.63, 3.8) is 0 Å². The summed E-state index contributed by atoms with van der Waals surface area (Å²) in [7, 11) is 1.33. The predicted molar refractivity (Wildman–Crippen MR) is 39.2 cm³/mol. The highest BCUT2D eigenvalue weighted by Crippen LogP contribution is 2.04. The number of carbonyl (C=O) groups excluding carboxylic acids is 1. The Hall–Kier alpha value is -1.23. The number of terminal acetylenes is 1. The molecule has 0 aromatic rings. The van der Waals surface area contributed by atoms with Crippen LogP contribution in [0.5, 0.6) is 0 Å². The van der Waals surface area contributed by atoms with Crippen LogP contribution in [0.15, 0.2) is 12.7 Å². The fraction of sp³-hybridized carbons (Fsp3) is 0.375. The van der Waals surface area contributed by atoms with Crippen LogP contribution in [-0.4, -0.2) is 13.1 Å². The number of hydrogen-bond acceptors (Lipinski definition) is 2. The largest absolute Gasteiger partial charge is 0.469 e. The van der Waals surface area contributed by atoms with Crippen molar-refractivity contribution in [3.05, 3.63) is 12.7 Å². The quantitative estimate of drug-likeness (QED) is 0.330. The van der Waals surface area contributed by atoms with Crippen molar-refractivity contribution in [1.82, 2.24) is 0 Å². The molecule has 0 aromatic heterocycles. The fourth-order valence-electron chi connectivity index (χ4n) is 0.541. The maximum Gasteiger partial charge on any atom is 0.313 e. The summed E-state index contributed by atoms with van der Waals surface area (Å²) in [5.74, 6) is 1.68. The molecule has 0 aromatic carbocycles. The van der Waals surface area contributed by atoms with Crippen LogP contribution < -0.4 is 0 Å². The van der Waals surface area contributed by atoms with E-state index in [1.165, 1.54) is 13.2 Å². The smallest absolute Gasteiger partial charge is 0.313 e. The van der Waals surface area contributed by atoms with Crippen LogP contribution in [0.3, 0.4) is 0 Å². The maximum absolute atomic E-state index is 10.7. The molecule has 2 heteroatoms. The molecule has 0 saturated heterocycles. The lowest BCUT2D eigenvalue weighted by atomic mass is 10.1. The molecule has 0 saturated carbocycles. The van der Waals surface area contributed by atoms with E-state index in [0.29, 0.717) is 6.42 Å². The number of carbonyl (C=O) groups is 1. The van der Waals surface area contributed by atoms with Gasteiger partial charge in [-0.1, -0.05) is 6.08 Å². The number of esters is 1. The summed E-state index contributed by atoms with van der Waals surface area (Å²) in [5.41, 5.74) is 0. The van der Waals surface area contributed by atoms with Gasteiger partial charge in [-0.15, -0.1) is 18.9 Å². The van der Waals surface area contributed by atoms with E-state index in [0.717, 1.165) is 0 Å². The first-order valence-corrected chi connectivity index (χ1v) is 2.90. The Bertz CT molecular complexity index is 165. The minimum absolute atomic E-state index is 0.326. The van der Waals surface area contributed by atoms with Crippen molar-refractivity contribution in [2.45, 2.75) is 6.42 Å². The molecular formula is C8H10O2. The van der Waals surface area contributed by atoms with E-state index in [-0.39, 0.29) is 11.9 Å². The Kier molecular flexibility index (Phi) is 4.06. The van der Waals surface area contributed by atoms with E-state index < -0.39 is 0 Å². The number of ether oxygens (including phenoxy) is 1. The lowest BCUT2D eigenvalue weighted by molar-refractivity contribution is -0.143. The van der Waals surface area contributed by atoms with Crippen LogP contribution in [0.4, 0.5) is 0 Å². The molecule has 0 amide bonds. The predicted octanol–water partition coefficient (Wildman–Crippen LogP) is 0.985. The number of methoxy groups -OCH3 is 1. The van der Waals surface area contributed by atoms with Crippen LogP contribution in [-0.2, 0) is 9.53 Å². The SMILES string of the molecule is C#CCC(C=C)C(=O)OC. The Balaban J connectivity index is 3.95. The van der Waals surface area contributed by atoms with E-state index in [1.54, 1.807) is 0 Å². The fourth-order valence-corrected chi connectivity index (χ4v) is 0.541. The van der Waals surface area contributed by atoms with Gasteiger partial charge in [0.15, 0.2) is 0 Å². The Morgan fingerprint density at radius 1 is 2.00 bits per heavy atom. The van der Waals surface area contributed by atoms with Gasteiger partial charge in [-0.2, -0.15) is 0 Å². The highest BCUT2D eigenvalue weighted by atomic mass is 16.5. The topological polar surface area (TPSA) is 26.3 Å². The molecule has 0 aliphatic heterocycles. The number of rotatable bonds is 3. The van der Waals surface area contributed by atoms with E-state index in [4.69, 9.17) is 6.42 Å². The monoisotopic (exact) mass is 138 g/mol. The molecule has 54 valence electrons. The first kappa shape index (κ1) is 8.77. The first-order valence-electron chi connectivity index (χ1n) is 2.90. The standard InChI is InChI=1S/C8H10O2/c1-4-6-7(5-2)8(9)10-3/h1,5,7H,2,6H2,3H3. The zero-order valence-corrected chi connectivity index (χ0v) is 5.96. The second kappa shape index (κ2) is 4.63. The van der Waals surface area contributed by atoms with Gasteiger partial charge in [-0.05, 0) is 0 Å². The van der Waals surface area contributed by atoms with Gasteiger partial charge in [0.2, 0.25) is 0 Å². The van der Waals surface area contributed by atoms with Gasteiger partial charge < -0.3 is 4.74 Å². The molecule has 0 aliphatic rings. The van der Waals surface area contributed by atoms with Crippen molar-refractivity contribution in [2.75, 3.05) is 7.11 Å². The minimum Gasteiger partial charge on any atom is -0.469 e. The molecular weight excluding hydrogens is 128 g/mol. The van der Waals surface area contributed by atoms with Gasteiger partial charge in [0, 0.05) is 6.42 Å². The van der Waals surface area contributed by atoms with Crippen LogP contribution in [0.1, 0.15) is 6.42 Å². The van der Waals surface area contributed by atoms with Crippen molar-refractivity contribution < 1.29 is 9.53 Å². The van der Waals surface area contributed by atoms with Gasteiger partial charge in [0.25, 0.3) is 0 Å². The lowest BCUT2D eigenvalue weighted by Crippen LogP contribution is -2.12. The summed E-state index contributed by atoms with van der Waals surface area (Å²) in [6, 6.07) is 0. The average Bonchev–Trinajstić information content (AvgIpc) is 1.99. The Labute approximate surface area is 60.9 Å². The summed E-state index contributed by atoms with van der Waals surface area (Å²) < 4.78 is 4.45. The van der Waals surface area contributed by atoms with Gasteiger partial charge in [0.05, 0.1) is 13.0 Å². The molecule has 0 aliphatic carbocycles. The third kappa shape index (κ3) is 2.36. The average molecular weight is 138 g/mol. The maximum atomic E-state index is 10.7. The van der Waals surface area contributed by atoms with Crippen LogP contribution in [0.25, 0.3) is 0 Å². The summed E-state index contributed by atoms with van der Waals surface area (Å²) in [6.45, 7) is 3.45. The second-order valence-corrected chi connectivity index (χ2v) is 1.77. The summed E-state index contributed by atoms with van der Waals surface area (Å²) in [6.07, 6.45) is 6.84. The first-order chi connectivity index (χ1) is 4.76. The normalized spacial score (nSPS) is 11.2. The molecule has 0 N–H and O–H groups in total. The second-order valence-electron chi connectivity index (χ2n) is 1.77. The Morgan fingerprint density at radius 3 is 2.90 bits per heavy atom.